The Labute approximate surface area is 128 Å². The Morgan fingerprint density at radius 3 is 2.59 bits per heavy atom. The Hall–Kier alpha value is -2.94. The van der Waals surface area contributed by atoms with Crippen molar-refractivity contribution >= 4 is 6.21 Å². The first kappa shape index (κ1) is 12.8. The predicted molar refractivity (Wildman–Crippen MR) is 88.1 cm³/mol. The van der Waals surface area contributed by atoms with Gasteiger partial charge in [-0.1, -0.05) is 18.2 Å². The van der Waals surface area contributed by atoms with E-state index in [0.29, 0.717) is 0 Å². The molecule has 3 aromatic rings. The number of aromatic nitrogens is 1. The molecule has 0 unspecified atom stereocenters. The number of phenolic OH excluding ortho intramolecular Hbond substituents is 1. The third-order valence-electron chi connectivity index (χ3n) is 3.90. The number of fused-ring (bicyclic) bond motifs is 1. The summed E-state index contributed by atoms with van der Waals surface area (Å²) in [7, 11) is 0. The zero-order valence-corrected chi connectivity index (χ0v) is 11.9. The number of phenols is 1. The van der Waals surface area contributed by atoms with Gasteiger partial charge in [-0.3, -0.25) is 9.98 Å². The number of nitrogens with zero attached hydrogens (tertiary/aromatic N) is 2. The van der Waals surface area contributed by atoms with Crippen LogP contribution in [0.5, 0.6) is 5.75 Å². The van der Waals surface area contributed by atoms with Gasteiger partial charge in [0.25, 0.3) is 0 Å². The SMILES string of the molecule is Oc1ccc(-c2ncccc2-c2ccc3c(c2)C=NC3)cc1. The minimum atomic E-state index is 0.259. The molecule has 2 heterocycles. The van der Waals surface area contributed by atoms with Crippen molar-refractivity contribution in [3.63, 3.8) is 0 Å². The summed E-state index contributed by atoms with van der Waals surface area (Å²) in [6.45, 7) is 0.771. The van der Waals surface area contributed by atoms with Crippen LogP contribution >= 0.6 is 0 Å². The number of pyridine rings is 1. The fraction of sp³-hybridized carbons (Fsp3) is 0.0526. The highest BCUT2D eigenvalue weighted by molar-refractivity contribution is 5.89. The van der Waals surface area contributed by atoms with Crippen LogP contribution in [0.25, 0.3) is 22.4 Å². The van der Waals surface area contributed by atoms with Crippen molar-refractivity contribution in [1.29, 1.82) is 0 Å². The minimum Gasteiger partial charge on any atom is -0.508 e. The average Bonchev–Trinajstić information content (AvgIpc) is 3.03. The second-order valence-electron chi connectivity index (χ2n) is 5.33. The molecule has 1 aliphatic heterocycles. The van der Waals surface area contributed by atoms with Crippen LogP contribution in [0.3, 0.4) is 0 Å². The van der Waals surface area contributed by atoms with Gasteiger partial charge >= 0.3 is 0 Å². The van der Waals surface area contributed by atoms with Crippen molar-refractivity contribution in [2.45, 2.75) is 6.54 Å². The summed E-state index contributed by atoms with van der Waals surface area (Å²) < 4.78 is 0. The molecular formula is C19H14N2O. The predicted octanol–water partition coefficient (Wildman–Crippen LogP) is 4.05. The van der Waals surface area contributed by atoms with Gasteiger partial charge in [0.15, 0.2) is 0 Å². The summed E-state index contributed by atoms with van der Waals surface area (Å²) in [5.41, 5.74) is 6.55. The van der Waals surface area contributed by atoms with E-state index in [1.54, 1.807) is 18.3 Å². The maximum Gasteiger partial charge on any atom is 0.115 e. The molecule has 3 nitrogen and oxygen atoms in total. The molecule has 22 heavy (non-hydrogen) atoms. The van der Waals surface area contributed by atoms with Crippen LogP contribution in [0.15, 0.2) is 65.8 Å². The van der Waals surface area contributed by atoms with Gasteiger partial charge in [-0.25, -0.2) is 0 Å². The second kappa shape index (κ2) is 5.11. The van der Waals surface area contributed by atoms with Gasteiger partial charge in [0.1, 0.15) is 5.75 Å². The topological polar surface area (TPSA) is 45.5 Å². The molecule has 0 atom stereocenters. The minimum absolute atomic E-state index is 0.259. The van der Waals surface area contributed by atoms with E-state index in [4.69, 9.17) is 0 Å². The molecule has 4 rings (SSSR count). The summed E-state index contributed by atoms with van der Waals surface area (Å²) >= 11 is 0. The van der Waals surface area contributed by atoms with Gasteiger partial charge in [-0.05, 0) is 53.1 Å². The van der Waals surface area contributed by atoms with Crippen molar-refractivity contribution < 1.29 is 5.11 Å². The monoisotopic (exact) mass is 286 g/mol. The fourth-order valence-corrected chi connectivity index (χ4v) is 2.76. The van der Waals surface area contributed by atoms with Crippen molar-refractivity contribution in [3.05, 3.63) is 71.9 Å². The second-order valence-corrected chi connectivity index (χ2v) is 5.33. The van der Waals surface area contributed by atoms with Gasteiger partial charge in [0.05, 0.1) is 12.2 Å². The maximum atomic E-state index is 9.46. The Balaban J connectivity index is 1.86. The van der Waals surface area contributed by atoms with E-state index in [0.717, 1.165) is 28.9 Å². The standard InChI is InChI=1S/C19H14N2O/c22-17-7-5-13(6-8-17)19-18(2-1-9-21-19)14-3-4-15-11-20-12-16(15)10-14/h1-10,12,22H,11H2. The Bertz CT molecular complexity index is 867. The highest BCUT2D eigenvalue weighted by atomic mass is 16.3. The first-order valence-electron chi connectivity index (χ1n) is 7.19. The van der Waals surface area contributed by atoms with Crippen molar-refractivity contribution in [2.24, 2.45) is 4.99 Å². The number of aromatic hydroxyl groups is 1. The van der Waals surface area contributed by atoms with Crippen molar-refractivity contribution in [3.8, 4) is 28.1 Å². The lowest BCUT2D eigenvalue weighted by Gasteiger charge is -2.10. The molecule has 106 valence electrons. The lowest BCUT2D eigenvalue weighted by atomic mass is 9.96. The lowest BCUT2D eigenvalue weighted by molar-refractivity contribution is 0.475. The Morgan fingerprint density at radius 2 is 1.73 bits per heavy atom. The molecule has 0 fully saturated rings. The van der Waals surface area contributed by atoms with E-state index < -0.39 is 0 Å². The van der Waals surface area contributed by atoms with Gasteiger partial charge in [0.2, 0.25) is 0 Å². The highest BCUT2D eigenvalue weighted by Crippen LogP contribution is 2.32. The molecule has 1 aliphatic rings. The van der Waals surface area contributed by atoms with Crippen LogP contribution in [-0.2, 0) is 6.54 Å². The van der Waals surface area contributed by atoms with Gasteiger partial charge in [0, 0.05) is 23.5 Å². The number of aliphatic imine (C=N–C) groups is 1. The first-order valence-corrected chi connectivity index (χ1v) is 7.19. The number of hydrogen-bond acceptors (Lipinski definition) is 3. The zero-order chi connectivity index (χ0) is 14.9. The number of hydrogen-bond donors (Lipinski definition) is 1. The van der Waals surface area contributed by atoms with Crippen LogP contribution in [0.2, 0.25) is 0 Å². The first-order chi connectivity index (χ1) is 10.8. The smallest absolute Gasteiger partial charge is 0.115 e. The summed E-state index contributed by atoms with van der Waals surface area (Å²) in [5, 5.41) is 9.46. The van der Waals surface area contributed by atoms with Gasteiger partial charge in [-0.2, -0.15) is 0 Å². The zero-order valence-electron chi connectivity index (χ0n) is 11.9. The van der Waals surface area contributed by atoms with Gasteiger partial charge < -0.3 is 5.11 Å². The average molecular weight is 286 g/mol. The number of benzene rings is 2. The molecule has 3 heteroatoms. The molecular weight excluding hydrogens is 272 g/mol. The van der Waals surface area contributed by atoms with Crippen LogP contribution in [-0.4, -0.2) is 16.3 Å². The van der Waals surface area contributed by atoms with Crippen LogP contribution < -0.4 is 0 Å². The summed E-state index contributed by atoms with van der Waals surface area (Å²) in [6.07, 6.45) is 3.72. The fourth-order valence-electron chi connectivity index (χ4n) is 2.76. The molecule has 1 aromatic heterocycles. The van der Waals surface area contributed by atoms with E-state index in [2.05, 4.69) is 34.2 Å². The van der Waals surface area contributed by atoms with E-state index in [1.807, 2.05) is 24.4 Å². The molecule has 0 saturated heterocycles. The summed E-state index contributed by atoms with van der Waals surface area (Å²) in [6, 6.07) is 17.6. The van der Waals surface area contributed by atoms with E-state index in [1.165, 1.54) is 11.1 Å². The van der Waals surface area contributed by atoms with Gasteiger partial charge in [-0.15, -0.1) is 0 Å². The highest BCUT2D eigenvalue weighted by Gasteiger charge is 2.12. The summed E-state index contributed by atoms with van der Waals surface area (Å²) in [5.74, 6) is 0.259. The maximum absolute atomic E-state index is 9.46. The molecule has 0 aliphatic carbocycles. The molecule has 0 radical (unpaired) electrons. The summed E-state index contributed by atoms with van der Waals surface area (Å²) in [4.78, 5) is 8.84. The molecule has 0 spiro atoms. The third-order valence-corrected chi connectivity index (χ3v) is 3.90. The Morgan fingerprint density at radius 1 is 0.909 bits per heavy atom. The van der Waals surface area contributed by atoms with E-state index in [-0.39, 0.29) is 5.75 Å². The molecule has 0 bridgehead atoms. The molecule has 2 aromatic carbocycles. The Kier molecular flexibility index (Phi) is 2.97. The number of rotatable bonds is 2. The van der Waals surface area contributed by atoms with Crippen LogP contribution in [0.4, 0.5) is 0 Å². The van der Waals surface area contributed by atoms with E-state index >= 15 is 0 Å². The van der Waals surface area contributed by atoms with Crippen LogP contribution in [0.1, 0.15) is 11.1 Å². The molecule has 1 N–H and O–H groups in total. The van der Waals surface area contributed by atoms with Crippen molar-refractivity contribution in [2.75, 3.05) is 0 Å². The molecule has 0 saturated carbocycles. The lowest BCUT2D eigenvalue weighted by Crippen LogP contribution is -1.91. The van der Waals surface area contributed by atoms with Crippen molar-refractivity contribution in [1.82, 2.24) is 4.98 Å². The largest absolute Gasteiger partial charge is 0.508 e. The quantitative estimate of drug-likeness (QED) is 0.772. The normalized spacial score (nSPS) is 12.4. The van der Waals surface area contributed by atoms with Crippen LogP contribution in [0, 0.1) is 0 Å². The third kappa shape index (κ3) is 2.17. The molecule has 0 amide bonds. The van der Waals surface area contributed by atoms with E-state index in [9.17, 15) is 5.11 Å².